The van der Waals surface area contributed by atoms with Gasteiger partial charge in [0, 0.05) is 5.56 Å². The van der Waals surface area contributed by atoms with E-state index in [1.807, 2.05) is 0 Å². The first-order valence-corrected chi connectivity index (χ1v) is 5.22. The van der Waals surface area contributed by atoms with Gasteiger partial charge < -0.3 is 9.15 Å². The van der Waals surface area contributed by atoms with Crippen LogP contribution in [-0.2, 0) is 0 Å². The van der Waals surface area contributed by atoms with Crippen molar-refractivity contribution in [2.24, 2.45) is 0 Å². The lowest BCUT2D eigenvalue weighted by atomic mass is 10.1. The van der Waals surface area contributed by atoms with Crippen LogP contribution in [0.4, 0.5) is 8.78 Å². The maximum absolute atomic E-state index is 11.9. The Balaban J connectivity index is 2.17. The zero-order chi connectivity index (χ0) is 13.1. The van der Waals surface area contributed by atoms with E-state index in [0.717, 1.165) is 0 Å². The van der Waals surface area contributed by atoms with E-state index in [2.05, 4.69) is 4.74 Å². The molecule has 1 aromatic carbocycles. The second kappa shape index (κ2) is 5.00. The van der Waals surface area contributed by atoms with Gasteiger partial charge in [0.25, 0.3) is 0 Å². The van der Waals surface area contributed by atoms with E-state index in [1.54, 1.807) is 19.1 Å². The number of aryl methyl sites for hydroxylation is 1. The van der Waals surface area contributed by atoms with Gasteiger partial charge in [0.2, 0.25) is 5.78 Å². The van der Waals surface area contributed by atoms with E-state index < -0.39 is 6.61 Å². The quantitative estimate of drug-likeness (QED) is 0.782. The second-order valence-electron chi connectivity index (χ2n) is 3.64. The van der Waals surface area contributed by atoms with E-state index in [9.17, 15) is 13.6 Å². The number of halogens is 2. The molecule has 2 aromatic rings. The summed E-state index contributed by atoms with van der Waals surface area (Å²) in [4.78, 5) is 11.9. The molecule has 0 fully saturated rings. The van der Waals surface area contributed by atoms with Crippen LogP contribution in [0.1, 0.15) is 21.9 Å². The van der Waals surface area contributed by atoms with E-state index in [0.29, 0.717) is 11.3 Å². The molecule has 94 valence electrons. The fraction of sp³-hybridized carbons (Fsp3) is 0.154. The molecule has 0 saturated carbocycles. The van der Waals surface area contributed by atoms with E-state index in [-0.39, 0.29) is 17.3 Å². The Kier molecular flexibility index (Phi) is 3.41. The lowest BCUT2D eigenvalue weighted by Gasteiger charge is -2.04. The van der Waals surface area contributed by atoms with Gasteiger partial charge >= 0.3 is 6.61 Å². The number of benzene rings is 1. The van der Waals surface area contributed by atoms with Gasteiger partial charge in [-0.3, -0.25) is 4.79 Å². The van der Waals surface area contributed by atoms with Crippen LogP contribution in [0.15, 0.2) is 40.8 Å². The largest absolute Gasteiger partial charge is 0.458 e. The van der Waals surface area contributed by atoms with Gasteiger partial charge in [-0.2, -0.15) is 8.78 Å². The number of carbonyl (C=O) groups excluding carboxylic acids is 1. The molecule has 0 bridgehead atoms. The van der Waals surface area contributed by atoms with Gasteiger partial charge in [-0.25, -0.2) is 0 Å². The highest BCUT2D eigenvalue weighted by Crippen LogP contribution is 2.18. The Labute approximate surface area is 102 Å². The average Bonchev–Trinajstić information content (AvgIpc) is 2.75. The summed E-state index contributed by atoms with van der Waals surface area (Å²) < 4.78 is 33.3. The molecule has 1 aromatic heterocycles. The molecular weight excluding hydrogens is 242 g/mol. The number of furan rings is 1. The number of ketones is 1. The molecule has 0 aliphatic heterocycles. The first kappa shape index (κ1) is 12.3. The molecule has 0 saturated heterocycles. The van der Waals surface area contributed by atoms with Crippen molar-refractivity contribution in [2.45, 2.75) is 13.5 Å². The normalized spacial score (nSPS) is 10.7. The summed E-state index contributed by atoms with van der Waals surface area (Å²) in [6.07, 6.45) is 0. The molecular formula is C13H10F2O3. The van der Waals surface area contributed by atoms with Crippen molar-refractivity contribution in [1.29, 1.82) is 0 Å². The van der Waals surface area contributed by atoms with Gasteiger partial charge in [0.15, 0.2) is 5.76 Å². The van der Waals surface area contributed by atoms with Crippen molar-refractivity contribution >= 4 is 5.78 Å². The summed E-state index contributed by atoms with van der Waals surface area (Å²) in [6, 6.07) is 8.71. The van der Waals surface area contributed by atoms with Crippen LogP contribution < -0.4 is 4.74 Å². The number of hydrogen-bond donors (Lipinski definition) is 0. The summed E-state index contributed by atoms with van der Waals surface area (Å²) in [7, 11) is 0. The van der Waals surface area contributed by atoms with E-state index in [4.69, 9.17) is 4.42 Å². The summed E-state index contributed by atoms with van der Waals surface area (Å²) in [5.41, 5.74) is 0.353. The van der Waals surface area contributed by atoms with Crippen LogP contribution in [-0.4, -0.2) is 12.4 Å². The first-order valence-electron chi connectivity index (χ1n) is 5.22. The molecule has 1 heterocycles. The molecule has 3 nitrogen and oxygen atoms in total. The van der Waals surface area contributed by atoms with Crippen LogP contribution in [0.3, 0.4) is 0 Å². The van der Waals surface area contributed by atoms with E-state index in [1.165, 1.54) is 24.3 Å². The van der Waals surface area contributed by atoms with Crippen LogP contribution in [0.5, 0.6) is 5.75 Å². The molecule has 2 rings (SSSR count). The first-order chi connectivity index (χ1) is 8.56. The van der Waals surface area contributed by atoms with Gasteiger partial charge in [0.05, 0.1) is 0 Å². The topological polar surface area (TPSA) is 39.4 Å². The molecule has 0 unspecified atom stereocenters. The van der Waals surface area contributed by atoms with E-state index >= 15 is 0 Å². The molecule has 0 atom stereocenters. The fourth-order valence-corrected chi connectivity index (χ4v) is 1.49. The highest BCUT2D eigenvalue weighted by atomic mass is 19.3. The minimum Gasteiger partial charge on any atom is -0.458 e. The fourth-order valence-electron chi connectivity index (χ4n) is 1.49. The molecule has 0 N–H and O–H groups in total. The Hall–Kier alpha value is -2.17. The highest BCUT2D eigenvalue weighted by molar-refractivity contribution is 6.07. The zero-order valence-electron chi connectivity index (χ0n) is 9.52. The standard InChI is InChI=1S/C13H10F2O3/c1-8-2-7-11(17-8)12(16)9-3-5-10(6-4-9)18-13(14)15/h2-7,13H,1H3. The monoisotopic (exact) mass is 252 g/mol. The predicted octanol–water partition coefficient (Wildman–Crippen LogP) is 3.42. The molecule has 5 heteroatoms. The number of ether oxygens (including phenoxy) is 1. The molecule has 0 aliphatic carbocycles. The minimum absolute atomic E-state index is 0.0113. The smallest absolute Gasteiger partial charge is 0.387 e. The van der Waals surface area contributed by atoms with Crippen molar-refractivity contribution in [3.05, 3.63) is 53.5 Å². The third-order valence-corrected chi connectivity index (χ3v) is 2.31. The van der Waals surface area contributed by atoms with Crippen molar-refractivity contribution in [3.8, 4) is 5.75 Å². The number of hydrogen-bond acceptors (Lipinski definition) is 3. The highest BCUT2D eigenvalue weighted by Gasteiger charge is 2.13. The number of carbonyl (C=O) groups is 1. The lowest BCUT2D eigenvalue weighted by Crippen LogP contribution is -2.03. The van der Waals surface area contributed by atoms with Crippen molar-refractivity contribution in [2.75, 3.05) is 0 Å². The van der Waals surface area contributed by atoms with Crippen LogP contribution in [0, 0.1) is 6.92 Å². The summed E-state index contributed by atoms with van der Waals surface area (Å²) >= 11 is 0. The predicted molar refractivity (Wildman–Crippen MR) is 60.0 cm³/mol. The van der Waals surface area contributed by atoms with Gasteiger partial charge in [-0.05, 0) is 43.3 Å². The van der Waals surface area contributed by atoms with Crippen LogP contribution in [0.2, 0.25) is 0 Å². The molecule has 0 amide bonds. The second-order valence-corrected chi connectivity index (χ2v) is 3.64. The third-order valence-electron chi connectivity index (χ3n) is 2.31. The molecule has 0 radical (unpaired) electrons. The SMILES string of the molecule is Cc1ccc(C(=O)c2ccc(OC(F)F)cc2)o1. The Bertz CT molecular complexity index is 544. The van der Waals surface area contributed by atoms with Gasteiger partial charge in [-0.1, -0.05) is 0 Å². The van der Waals surface area contributed by atoms with Crippen molar-refractivity contribution < 1.29 is 22.7 Å². The minimum atomic E-state index is -2.88. The van der Waals surface area contributed by atoms with Crippen molar-refractivity contribution in [1.82, 2.24) is 0 Å². The zero-order valence-corrected chi connectivity index (χ0v) is 9.52. The summed E-state index contributed by atoms with van der Waals surface area (Å²) in [5, 5.41) is 0. The Morgan fingerprint density at radius 3 is 2.33 bits per heavy atom. The maximum atomic E-state index is 11.9. The lowest BCUT2D eigenvalue weighted by molar-refractivity contribution is -0.0498. The van der Waals surface area contributed by atoms with Crippen LogP contribution in [0.25, 0.3) is 0 Å². The number of alkyl halides is 2. The number of rotatable bonds is 4. The maximum Gasteiger partial charge on any atom is 0.387 e. The molecule has 0 spiro atoms. The molecule has 0 aliphatic rings. The third kappa shape index (κ3) is 2.74. The Morgan fingerprint density at radius 1 is 1.17 bits per heavy atom. The Morgan fingerprint density at radius 2 is 1.83 bits per heavy atom. The van der Waals surface area contributed by atoms with Crippen LogP contribution >= 0.6 is 0 Å². The average molecular weight is 252 g/mol. The van der Waals surface area contributed by atoms with Crippen molar-refractivity contribution in [3.63, 3.8) is 0 Å². The summed E-state index contributed by atoms with van der Waals surface area (Å²) in [5.74, 6) is 0.565. The van der Waals surface area contributed by atoms with Gasteiger partial charge in [0.1, 0.15) is 11.5 Å². The molecule has 18 heavy (non-hydrogen) atoms. The van der Waals surface area contributed by atoms with Gasteiger partial charge in [-0.15, -0.1) is 0 Å². The summed E-state index contributed by atoms with van der Waals surface area (Å²) in [6.45, 7) is -1.14.